The van der Waals surface area contributed by atoms with Gasteiger partial charge < -0.3 is 10.2 Å². The van der Waals surface area contributed by atoms with Crippen LogP contribution in [0.25, 0.3) is 0 Å². The second-order valence-corrected chi connectivity index (χ2v) is 4.81. The molecule has 1 amide bonds. The SMILES string of the molecule is CCCN(C(=O)Cc1ccc(F)cc1F)C1CNC1. The van der Waals surface area contributed by atoms with E-state index in [0.29, 0.717) is 6.54 Å². The first-order valence-electron chi connectivity index (χ1n) is 6.56. The summed E-state index contributed by atoms with van der Waals surface area (Å²) in [6.45, 7) is 4.26. The monoisotopic (exact) mass is 268 g/mol. The van der Waals surface area contributed by atoms with Crippen molar-refractivity contribution in [2.75, 3.05) is 19.6 Å². The number of nitrogens with one attached hydrogen (secondary N) is 1. The van der Waals surface area contributed by atoms with Gasteiger partial charge in [-0.15, -0.1) is 0 Å². The average molecular weight is 268 g/mol. The summed E-state index contributed by atoms with van der Waals surface area (Å²) in [5.74, 6) is -1.38. The van der Waals surface area contributed by atoms with Crippen molar-refractivity contribution in [2.45, 2.75) is 25.8 Å². The Hall–Kier alpha value is -1.49. The molecule has 0 unspecified atom stereocenters. The van der Waals surface area contributed by atoms with Crippen LogP contribution >= 0.6 is 0 Å². The van der Waals surface area contributed by atoms with Crippen LogP contribution in [0, 0.1) is 11.6 Å². The number of rotatable bonds is 5. The number of benzene rings is 1. The molecule has 0 radical (unpaired) electrons. The van der Waals surface area contributed by atoms with Crippen LogP contribution in [0.1, 0.15) is 18.9 Å². The van der Waals surface area contributed by atoms with Crippen molar-refractivity contribution in [1.82, 2.24) is 10.2 Å². The summed E-state index contributed by atoms with van der Waals surface area (Å²) < 4.78 is 26.3. The van der Waals surface area contributed by atoms with Gasteiger partial charge in [-0.1, -0.05) is 13.0 Å². The van der Waals surface area contributed by atoms with Gasteiger partial charge >= 0.3 is 0 Å². The second-order valence-electron chi connectivity index (χ2n) is 4.81. The summed E-state index contributed by atoms with van der Waals surface area (Å²) in [5, 5.41) is 3.12. The van der Waals surface area contributed by atoms with E-state index in [-0.39, 0.29) is 23.9 Å². The molecule has 0 atom stereocenters. The Morgan fingerprint density at radius 3 is 2.68 bits per heavy atom. The van der Waals surface area contributed by atoms with E-state index in [1.54, 1.807) is 4.90 Å². The highest BCUT2D eigenvalue weighted by atomic mass is 19.1. The predicted molar refractivity (Wildman–Crippen MR) is 68.7 cm³/mol. The highest BCUT2D eigenvalue weighted by Crippen LogP contribution is 2.14. The first kappa shape index (κ1) is 13.9. The fraction of sp³-hybridized carbons (Fsp3) is 0.500. The third kappa shape index (κ3) is 3.29. The lowest BCUT2D eigenvalue weighted by Crippen LogP contribution is -2.59. The normalized spacial score (nSPS) is 15.1. The van der Waals surface area contributed by atoms with Gasteiger partial charge in [0.25, 0.3) is 0 Å². The molecule has 1 heterocycles. The zero-order valence-corrected chi connectivity index (χ0v) is 11.0. The van der Waals surface area contributed by atoms with Gasteiger partial charge in [0.2, 0.25) is 5.91 Å². The minimum absolute atomic E-state index is 0.0113. The third-order valence-corrected chi connectivity index (χ3v) is 3.34. The number of hydrogen-bond donors (Lipinski definition) is 1. The van der Waals surface area contributed by atoms with Crippen molar-refractivity contribution >= 4 is 5.91 Å². The lowest BCUT2D eigenvalue weighted by atomic mass is 10.1. The number of hydrogen-bond acceptors (Lipinski definition) is 2. The Bertz CT molecular complexity index is 461. The van der Waals surface area contributed by atoms with E-state index in [1.807, 2.05) is 6.92 Å². The van der Waals surface area contributed by atoms with Crippen LogP contribution in [0.3, 0.4) is 0 Å². The minimum Gasteiger partial charge on any atom is -0.337 e. The highest BCUT2D eigenvalue weighted by molar-refractivity contribution is 5.79. The summed E-state index contributed by atoms with van der Waals surface area (Å²) in [6, 6.07) is 3.54. The van der Waals surface area contributed by atoms with E-state index in [4.69, 9.17) is 0 Å². The Kier molecular flexibility index (Phi) is 4.47. The molecule has 3 nitrogen and oxygen atoms in total. The lowest BCUT2D eigenvalue weighted by Gasteiger charge is -2.38. The van der Waals surface area contributed by atoms with Crippen LogP contribution < -0.4 is 5.32 Å². The van der Waals surface area contributed by atoms with Gasteiger partial charge in [0.1, 0.15) is 11.6 Å². The number of carbonyl (C=O) groups excluding carboxylic acids is 1. The van der Waals surface area contributed by atoms with Crippen molar-refractivity contribution < 1.29 is 13.6 Å². The maximum absolute atomic E-state index is 13.5. The van der Waals surface area contributed by atoms with E-state index in [2.05, 4.69) is 5.32 Å². The molecule has 0 bridgehead atoms. The van der Waals surface area contributed by atoms with Gasteiger partial charge in [-0.25, -0.2) is 8.78 Å². The fourth-order valence-corrected chi connectivity index (χ4v) is 2.18. The van der Waals surface area contributed by atoms with Gasteiger partial charge in [0.15, 0.2) is 0 Å². The number of halogens is 2. The van der Waals surface area contributed by atoms with E-state index in [9.17, 15) is 13.6 Å². The molecule has 0 aliphatic carbocycles. The zero-order chi connectivity index (χ0) is 13.8. The molecule has 104 valence electrons. The quantitative estimate of drug-likeness (QED) is 0.882. The van der Waals surface area contributed by atoms with Crippen molar-refractivity contribution in [3.8, 4) is 0 Å². The van der Waals surface area contributed by atoms with Crippen molar-refractivity contribution in [2.24, 2.45) is 0 Å². The van der Waals surface area contributed by atoms with Crippen molar-refractivity contribution in [3.05, 3.63) is 35.4 Å². The summed E-state index contributed by atoms with van der Waals surface area (Å²) in [6.07, 6.45) is 0.858. The molecule has 1 fully saturated rings. The predicted octanol–water partition coefficient (Wildman–Crippen LogP) is 1.72. The van der Waals surface area contributed by atoms with Crippen LogP contribution in [0.15, 0.2) is 18.2 Å². The van der Waals surface area contributed by atoms with E-state index >= 15 is 0 Å². The van der Waals surface area contributed by atoms with Crippen LogP contribution in [0.4, 0.5) is 8.78 Å². The largest absolute Gasteiger partial charge is 0.337 e. The van der Waals surface area contributed by atoms with E-state index in [1.165, 1.54) is 12.1 Å². The minimum atomic E-state index is -0.656. The fourth-order valence-electron chi connectivity index (χ4n) is 2.18. The van der Waals surface area contributed by atoms with Crippen LogP contribution in [0.2, 0.25) is 0 Å². The average Bonchev–Trinajstić information content (AvgIpc) is 2.30. The molecule has 0 aromatic heterocycles. The van der Waals surface area contributed by atoms with Crippen LogP contribution in [-0.4, -0.2) is 36.5 Å². The summed E-state index contributed by atoms with van der Waals surface area (Å²) >= 11 is 0. The van der Waals surface area contributed by atoms with Gasteiger partial charge in [0, 0.05) is 25.7 Å². The standard InChI is InChI=1S/C14H18F2N2O/c1-2-5-18(12-8-17-9-12)14(19)6-10-3-4-11(15)7-13(10)16/h3-4,7,12,17H,2,5-6,8-9H2,1H3. The molecule has 0 saturated carbocycles. The number of nitrogens with zero attached hydrogens (tertiary/aromatic N) is 1. The van der Waals surface area contributed by atoms with E-state index < -0.39 is 11.6 Å². The molecule has 0 spiro atoms. The molecule has 5 heteroatoms. The first-order chi connectivity index (χ1) is 9.11. The smallest absolute Gasteiger partial charge is 0.227 e. The third-order valence-electron chi connectivity index (χ3n) is 3.34. The van der Waals surface area contributed by atoms with Gasteiger partial charge in [0.05, 0.1) is 12.5 Å². The second kappa shape index (κ2) is 6.10. The molecule has 19 heavy (non-hydrogen) atoms. The van der Waals surface area contributed by atoms with Crippen molar-refractivity contribution in [3.63, 3.8) is 0 Å². The maximum Gasteiger partial charge on any atom is 0.227 e. The summed E-state index contributed by atoms with van der Waals surface area (Å²) in [7, 11) is 0. The number of carbonyl (C=O) groups is 1. The Labute approximate surface area is 111 Å². The highest BCUT2D eigenvalue weighted by Gasteiger charge is 2.28. The van der Waals surface area contributed by atoms with Gasteiger partial charge in [-0.05, 0) is 18.1 Å². The molecule has 1 aliphatic heterocycles. The molecule has 1 N–H and O–H groups in total. The molecular weight excluding hydrogens is 250 g/mol. The topological polar surface area (TPSA) is 32.3 Å². The Balaban J connectivity index is 2.05. The Morgan fingerprint density at radius 2 is 2.16 bits per heavy atom. The Morgan fingerprint density at radius 1 is 1.42 bits per heavy atom. The maximum atomic E-state index is 13.5. The molecule has 1 aromatic rings. The molecule has 2 rings (SSSR count). The first-order valence-corrected chi connectivity index (χ1v) is 6.56. The van der Waals surface area contributed by atoms with Crippen LogP contribution in [0.5, 0.6) is 0 Å². The lowest BCUT2D eigenvalue weighted by molar-refractivity contribution is -0.133. The number of amides is 1. The zero-order valence-electron chi connectivity index (χ0n) is 11.0. The van der Waals surface area contributed by atoms with E-state index in [0.717, 1.165) is 25.6 Å². The molecular formula is C14H18F2N2O. The van der Waals surface area contributed by atoms with Crippen LogP contribution in [-0.2, 0) is 11.2 Å². The summed E-state index contributed by atoms with van der Waals surface area (Å²) in [4.78, 5) is 14.0. The molecule has 1 aliphatic rings. The molecule has 1 aromatic carbocycles. The van der Waals surface area contributed by atoms with Gasteiger partial charge in [-0.2, -0.15) is 0 Å². The van der Waals surface area contributed by atoms with Crippen molar-refractivity contribution in [1.29, 1.82) is 0 Å². The van der Waals surface area contributed by atoms with Gasteiger partial charge in [-0.3, -0.25) is 4.79 Å². The summed E-state index contributed by atoms with van der Waals surface area (Å²) in [5.41, 5.74) is 0.250. The molecule has 1 saturated heterocycles.